The van der Waals surface area contributed by atoms with Crippen molar-refractivity contribution >= 4 is 17.6 Å². The lowest BCUT2D eigenvalue weighted by molar-refractivity contribution is -0.121. The summed E-state index contributed by atoms with van der Waals surface area (Å²) in [5.41, 5.74) is 0. The van der Waals surface area contributed by atoms with Crippen molar-refractivity contribution in [1.29, 1.82) is 0 Å². The Morgan fingerprint density at radius 2 is 2.50 bits per heavy atom. The van der Waals surface area contributed by atoms with E-state index in [-0.39, 0.29) is 11.8 Å². The first-order valence-electron chi connectivity index (χ1n) is 3.71. The molecule has 0 aliphatic carbocycles. The summed E-state index contributed by atoms with van der Waals surface area (Å²) in [4.78, 5) is 11.1. The minimum atomic E-state index is 0.00617. The Morgan fingerprint density at radius 1 is 1.80 bits per heavy atom. The van der Waals surface area contributed by atoms with E-state index >= 15 is 0 Å². The molecule has 1 fully saturated rings. The minimum Gasteiger partial charge on any atom is -0.298 e. The van der Waals surface area contributed by atoms with Crippen LogP contribution in [-0.4, -0.2) is 22.8 Å². The van der Waals surface area contributed by atoms with Crippen LogP contribution in [-0.2, 0) is 4.79 Å². The number of ketones is 1. The molecule has 0 aromatic rings. The van der Waals surface area contributed by atoms with Gasteiger partial charge >= 0.3 is 0 Å². The zero-order chi connectivity index (χ0) is 7.56. The highest BCUT2D eigenvalue weighted by Crippen LogP contribution is 2.20. The quantitative estimate of drug-likeness (QED) is 0.574. The Morgan fingerprint density at radius 3 is 2.90 bits per heavy atom. The lowest BCUT2D eigenvalue weighted by Crippen LogP contribution is -2.28. The summed E-state index contributed by atoms with van der Waals surface area (Å²) in [5.74, 6) is 0.271. The number of rotatable bonds is 2. The predicted octanol–water partition coefficient (Wildman–Crippen LogP) is 1.58. The van der Waals surface area contributed by atoms with Gasteiger partial charge in [0.1, 0.15) is 0 Å². The largest absolute Gasteiger partial charge is 0.298 e. The smallest absolute Gasteiger partial charge is 0.151 e. The standard InChI is InChI=1S/C7H12ClNO/c1-2-7(10)6-4-3-5-9(6)8/h6H,2-5H2,1H3. The molecule has 1 aliphatic heterocycles. The molecule has 10 heavy (non-hydrogen) atoms. The fourth-order valence-electron chi connectivity index (χ4n) is 1.28. The first-order valence-corrected chi connectivity index (χ1v) is 4.04. The maximum atomic E-state index is 11.1. The molecule has 0 bridgehead atoms. The molecule has 2 nitrogen and oxygen atoms in total. The summed E-state index contributed by atoms with van der Waals surface area (Å²) in [6, 6.07) is 0.00617. The molecule has 0 N–H and O–H groups in total. The Kier molecular flexibility index (Phi) is 2.69. The number of carbonyl (C=O) groups is 1. The second-order valence-electron chi connectivity index (χ2n) is 2.60. The predicted molar refractivity (Wildman–Crippen MR) is 40.9 cm³/mol. The van der Waals surface area contributed by atoms with Gasteiger partial charge in [0, 0.05) is 13.0 Å². The van der Waals surface area contributed by atoms with Gasteiger partial charge in [0.25, 0.3) is 0 Å². The van der Waals surface area contributed by atoms with E-state index in [9.17, 15) is 4.79 Å². The van der Waals surface area contributed by atoms with Gasteiger partial charge in [0.05, 0.1) is 6.04 Å². The first-order chi connectivity index (χ1) is 4.75. The second-order valence-corrected chi connectivity index (χ2v) is 3.04. The fourth-order valence-corrected chi connectivity index (χ4v) is 1.61. The minimum absolute atomic E-state index is 0.00617. The van der Waals surface area contributed by atoms with Crippen LogP contribution in [0, 0.1) is 0 Å². The third-order valence-corrected chi connectivity index (χ3v) is 2.31. The molecule has 0 amide bonds. The zero-order valence-electron chi connectivity index (χ0n) is 6.14. The summed E-state index contributed by atoms with van der Waals surface area (Å²) in [6.07, 6.45) is 2.60. The van der Waals surface area contributed by atoms with Gasteiger partial charge in [-0.25, -0.2) is 4.42 Å². The molecule has 0 saturated carbocycles. The monoisotopic (exact) mass is 161 g/mol. The van der Waals surface area contributed by atoms with Gasteiger partial charge in [0.2, 0.25) is 0 Å². The van der Waals surface area contributed by atoms with Crippen molar-refractivity contribution < 1.29 is 4.79 Å². The van der Waals surface area contributed by atoms with Crippen molar-refractivity contribution in [2.24, 2.45) is 0 Å². The number of carbonyl (C=O) groups excluding carboxylic acids is 1. The maximum absolute atomic E-state index is 11.1. The van der Waals surface area contributed by atoms with Crippen LogP contribution >= 0.6 is 11.8 Å². The van der Waals surface area contributed by atoms with Gasteiger partial charge in [-0.05, 0) is 24.6 Å². The molecule has 1 saturated heterocycles. The molecule has 1 heterocycles. The van der Waals surface area contributed by atoms with E-state index in [1.807, 2.05) is 6.92 Å². The second kappa shape index (κ2) is 3.35. The summed E-state index contributed by atoms with van der Waals surface area (Å²) < 4.78 is 1.63. The van der Waals surface area contributed by atoms with E-state index in [2.05, 4.69) is 0 Å². The number of hydrogen-bond donors (Lipinski definition) is 0. The van der Waals surface area contributed by atoms with Crippen molar-refractivity contribution in [1.82, 2.24) is 4.42 Å². The molecule has 1 aliphatic rings. The topological polar surface area (TPSA) is 20.3 Å². The van der Waals surface area contributed by atoms with Gasteiger partial charge < -0.3 is 0 Å². The average molecular weight is 162 g/mol. The molecule has 58 valence electrons. The molecule has 0 radical (unpaired) electrons. The fraction of sp³-hybridized carbons (Fsp3) is 0.857. The van der Waals surface area contributed by atoms with Crippen molar-refractivity contribution in [3.8, 4) is 0 Å². The van der Waals surface area contributed by atoms with Crippen LogP contribution in [0.5, 0.6) is 0 Å². The molecular weight excluding hydrogens is 150 g/mol. The van der Waals surface area contributed by atoms with Crippen LogP contribution in [0.2, 0.25) is 0 Å². The Bertz CT molecular complexity index is 138. The Labute approximate surface area is 66.3 Å². The highest BCUT2D eigenvalue weighted by molar-refractivity contribution is 6.15. The first kappa shape index (κ1) is 8.02. The van der Waals surface area contributed by atoms with Gasteiger partial charge in [-0.1, -0.05) is 6.92 Å². The van der Waals surface area contributed by atoms with Gasteiger partial charge in [-0.3, -0.25) is 4.79 Å². The molecular formula is C7H12ClNO. The number of halogens is 1. The van der Waals surface area contributed by atoms with Crippen LogP contribution in [0.4, 0.5) is 0 Å². The Hall–Kier alpha value is -0.0800. The summed E-state index contributed by atoms with van der Waals surface area (Å²) in [5, 5.41) is 0. The lowest BCUT2D eigenvalue weighted by atomic mass is 10.1. The zero-order valence-corrected chi connectivity index (χ0v) is 6.90. The van der Waals surface area contributed by atoms with Crippen LogP contribution in [0.25, 0.3) is 0 Å². The normalized spacial score (nSPS) is 27.2. The molecule has 0 aromatic heterocycles. The van der Waals surface area contributed by atoms with Crippen LogP contribution in [0.15, 0.2) is 0 Å². The van der Waals surface area contributed by atoms with Crippen LogP contribution < -0.4 is 0 Å². The van der Waals surface area contributed by atoms with E-state index in [0.29, 0.717) is 6.42 Å². The van der Waals surface area contributed by atoms with E-state index in [4.69, 9.17) is 11.8 Å². The average Bonchev–Trinajstić information content (AvgIpc) is 2.34. The van der Waals surface area contributed by atoms with Crippen molar-refractivity contribution in [3.63, 3.8) is 0 Å². The highest BCUT2D eigenvalue weighted by Gasteiger charge is 2.27. The van der Waals surface area contributed by atoms with E-state index in [0.717, 1.165) is 19.4 Å². The van der Waals surface area contributed by atoms with Gasteiger partial charge in [-0.2, -0.15) is 0 Å². The van der Waals surface area contributed by atoms with E-state index < -0.39 is 0 Å². The molecule has 0 spiro atoms. The molecule has 0 aromatic carbocycles. The van der Waals surface area contributed by atoms with Crippen molar-refractivity contribution in [2.75, 3.05) is 6.54 Å². The lowest BCUT2D eigenvalue weighted by Gasteiger charge is -2.13. The third kappa shape index (κ3) is 1.50. The molecule has 1 unspecified atom stereocenters. The molecule has 1 rings (SSSR count). The summed E-state index contributed by atoms with van der Waals surface area (Å²) in [7, 11) is 0. The number of nitrogens with zero attached hydrogens (tertiary/aromatic N) is 1. The Balaban J connectivity index is 2.46. The van der Waals surface area contributed by atoms with E-state index in [1.54, 1.807) is 4.42 Å². The third-order valence-electron chi connectivity index (χ3n) is 1.91. The summed E-state index contributed by atoms with van der Waals surface area (Å²) in [6.45, 7) is 2.74. The van der Waals surface area contributed by atoms with Crippen LogP contribution in [0.3, 0.4) is 0 Å². The van der Waals surface area contributed by atoms with Crippen molar-refractivity contribution in [2.45, 2.75) is 32.2 Å². The molecule has 3 heteroatoms. The van der Waals surface area contributed by atoms with Gasteiger partial charge in [-0.15, -0.1) is 0 Å². The summed E-state index contributed by atoms with van der Waals surface area (Å²) >= 11 is 5.76. The van der Waals surface area contributed by atoms with E-state index in [1.165, 1.54) is 0 Å². The van der Waals surface area contributed by atoms with Crippen LogP contribution in [0.1, 0.15) is 26.2 Å². The van der Waals surface area contributed by atoms with Crippen molar-refractivity contribution in [3.05, 3.63) is 0 Å². The van der Waals surface area contributed by atoms with Gasteiger partial charge in [0.15, 0.2) is 5.78 Å². The number of hydrogen-bond acceptors (Lipinski definition) is 2. The number of Topliss-reactive ketones (excluding diaryl/α,β-unsaturated/α-hetero) is 1. The SMILES string of the molecule is CCC(=O)C1CCCN1Cl. The highest BCUT2D eigenvalue weighted by atomic mass is 35.5. The maximum Gasteiger partial charge on any atom is 0.151 e. The molecule has 1 atom stereocenters.